The molecule has 0 aliphatic heterocycles. The van der Waals surface area contributed by atoms with E-state index in [9.17, 15) is 10.1 Å². The Kier molecular flexibility index (Phi) is 4.73. The van der Waals surface area contributed by atoms with E-state index in [1.807, 2.05) is 6.26 Å². The number of aryl methyl sites for hydroxylation is 1. The molecular formula is C9H10N6O2S3. The molecule has 2 rings (SSSR count). The third kappa shape index (κ3) is 3.16. The van der Waals surface area contributed by atoms with Crippen molar-refractivity contribution in [3.8, 4) is 0 Å². The minimum absolute atomic E-state index is 0.102. The van der Waals surface area contributed by atoms with E-state index in [1.165, 1.54) is 23.1 Å². The maximum absolute atomic E-state index is 11.1. The van der Waals surface area contributed by atoms with Crippen LogP contribution in [0.15, 0.2) is 13.7 Å². The Morgan fingerprint density at radius 2 is 2.00 bits per heavy atom. The summed E-state index contributed by atoms with van der Waals surface area (Å²) in [6.45, 7) is 1.58. The highest BCUT2D eigenvalue weighted by Gasteiger charge is 2.24. The quantitative estimate of drug-likeness (QED) is 0.383. The molecule has 2 aromatic rings. The first-order chi connectivity index (χ1) is 9.55. The Hall–Kier alpha value is -1.46. The molecule has 0 aliphatic rings. The van der Waals surface area contributed by atoms with Crippen LogP contribution in [0.3, 0.4) is 0 Å². The van der Waals surface area contributed by atoms with Crippen LogP contribution >= 0.6 is 34.9 Å². The second-order valence-electron chi connectivity index (χ2n) is 3.43. The van der Waals surface area contributed by atoms with Crippen LogP contribution in [0.5, 0.6) is 0 Å². The van der Waals surface area contributed by atoms with Gasteiger partial charge in [0.25, 0.3) is 0 Å². The van der Waals surface area contributed by atoms with Gasteiger partial charge in [0.1, 0.15) is 5.69 Å². The lowest BCUT2D eigenvalue weighted by molar-refractivity contribution is -0.389. The molecule has 0 spiro atoms. The summed E-state index contributed by atoms with van der Waals surface area (Å²) in [7, 11) is 1.66. The largest absolute Gasteiger partial charge is 0.357 e. The molecule has 0 fully saturated rings. The van der Waals surface area contributed by atoms with Crippen molar-refractivity contribution in [2.75, 3.05) is 18.6 Å². The van der Waals surface area contributed by atoms with Gasteiger partial charge in [0, 0.05) is 7.05 Å². The van der Waals surface area contributed by atoms with Crippen molar-refractivity contribution in [2.24, 2.45) is 0 Å². The summed E-state index contributed by atoms with van der Waals surface area (Å²) in [6.07, 6.45) is 1.89. The molecule has 11 heteroatoms. The Balaban J connectivity index is 2.42. The summed E-state index contributed by atoms with van der Waals surface area (Å²) >= 11 is 3.96. The van der Waals surface area contributed by atoms with Crippen molar-refractivity contribution in [3.05, 3.63) is 15.8 Å². The third-order valence-electron chi connectivity index (χ3n) is 2.18. The van der Waals surface area contributed by atoms with E-state index in [0.717, 1.165) is 16.1 Å². The Morgan fingerprint density at radius 3 is 2.55 bits per heavy atom. The van der Waals surface area contributed by atoms with E-state index in [4.69, 9.17) is 0 Å². The SMILES string of the molecule is CNc1nc(C)c([N+](=O)[O-])c(Sc2nnc(SC)s2)n1. The molecule has 0 saturated heterocycles. The lowest BCUT2D eigenvalue weighted by Crippen LogP contribution is -2.04. The Labute approximate surface area is 127 Å². The number of thioether (sulfide) groups is 1. The molecule has 0 atom stereocenters. The summed E-state index contributed by atoms with van der Waals surface area (Å²) in [5, 5.41) is 22.1. The van der Waals surface area contributed by atoms with Gasteiger partial charge in [-0.2, -0.15) is 4.98 Å². The monoisotopic (exact) mass is 330 g/mol. The average Bonchev–Trinajstić information content (AvgIpc) is 2.85. The molecule has 1 N–H and O–H groups in total. The molecule has 2 aromatic heterocycles. The summed E-state index contributed by atoms with van der Waals surface area (Å²) in [5.41, 5.74) is 0.210. The first-order valence-electron chi connectivity index (χ1n) is 5.31. The topological polar surface area (TPSA) is 107 Å². The Morgan fingerprint density at radius 1 is 1.30 bits per heavy atom. The van der Waals surface area contributed by atoms with Gasteiger partial charge in [0.15, 0.2) is 13.7 Å². The predicted molar refractivity (Wildman–Crippen MR) is 78.8 cm³/mol. The number of anilines is 1. The van der Waals surface area contributed by atoms with Crippen molar-refractivity contribution < 1.29 is 4.92 Å². The number of hydrogen-bond donors (Lipinski definition) is 1. The minimum atomic E-state index is -0.479. The fraction of sp³-hybridized carbons (Fsp3) is 0.333. The molecule has 106 valence electrons. The van der Waals surface area contributed by atoms with Crippen molar-refractivity contribution in [3.63, 3.8) is 0 Å². The maximum Gasteiger partial charge on any atom is 0.322 e. The van der Waals surface area contributed by atoms with Gasteiger partial charge >= 0.3 is 5.69 Å². The molecule has 20 heavy (non-hydrogen) atoms. The second kappa shape index (κ2) is 6.33. The van der Waals surface area contributed by atoms with Crippen molar-refractivity contribution in [1.82, 2.24) is 20.2 Å². The predicted octanol–water partition coefficient (Wildman–Crippen LogP) is 2.46. The zero-order valence-electron chi connectivity index (χ0n) is 10.8. The smallest absolute Gasteiger partial charge is 0.322 e. The third-order valence-corrected chi connectivity index (χ3v) is 5.11. The van der Waals surface area contributed by atoms with Crippen LogP contribution in [-0.4, -0.2) is 38.4 Å². The van der Waals surface area contributed by atoms with Crippen LogP contribution in [0.4, 0.5) is 11.6 Å². The van der Waals surface area contributed by atoms with Gasteiger partial charge in [-0.25, -0.2) is 4.98 Å². The van der Waals surface area contributed by atoms with Crippen molar-refractivity contribution >= 4 is 46.5 Å². The fourth-order valence-corrected chi connectivity index (χ4v) is 3.84. The number of nitrogens with one attached hydrogen (secondary N) is 1. The van der Waals surface area contributed by atoms with Gasteiger partial charge in [0.2, 0.25) is 5.95 Å². The van der Waals surface area contributed by atoms with Gasteiger partial charge in [-0.1, -0.05) is 23.1 Å². The summed E-state index contributed by atoms with van der Waals surface area (Å²) < 4.78 is 1.41. The Bertz CT molecular complexity index is 647. The number of rotatable bonds is 5. The molecule has 2 heterocycles. The first kappa shape index (κ1) is 14.9. The van der Waals surface area contributed by atoms with Crippen LogP contribution in [-0.2, 0) is 0 Å². The van der Waals surface area contributed by atoms with Crippen LogP contribution in [0.25, 0.3) is 0 Å². The molecule has 8 nitrogen and oxygen atoms in total. The highest BCUT2D eigenvalue weighted by molar-refractivity contribution is 8.03. The number of aromatic nitrogens is 4. The van der Waals surface area contributed by atoms with Gasteiger partial charge in [-0.3, -0.25) is 10.1 Å². The molecule has 0 amide bonds. The highest BCUT2D eigenvalue weighted by Crippen LogP contribution is 2.37. The average molecular weight is 330 g/mol. The first-order valence-corrected chi connectivity index (χ1v) is 8.17. The van der Waals surface area contributed by atoms with E-state index in [0.29, 0.717) is 16.0 Å². The second-order valence-corrected chi connectivity index (χ2v) is 6.70. The zero-order valence-corrected chi connectivity index (χ0v) is 13.2. The van der Waals surface area contributed by atoms with Crippen molar-refractivity contribution in [2.45, 2.75) is 20.6 Å². The molecule has 0 aliphatic carbocycles. The zero-order chi connectivity index (χ0) is 14.7. The number of nitro groups is 1. The standard InChI is InChI=1S/C9H10N6O2S3/c1-4-5(15(16)17)6(12-7(10-2)11-4)19-9-14-13-8(18-3)20-9/h1-3H3,(H,10,11,12). The van der Waals surface area contributed by atoms with Gasteiger partial charge in [-0.15, -0.1) is 10.2 Å². The van der Waals surface area contributed by atoms with Crippen LogP contribution in [0.1, 0.15) is 5.69 Å². The van der Waals surface area contributed by atoms with Gasteiger partial charge in [-0.05, 0) is 24.9 Å². The van der Waals surface area contributed by atoms with E-state index >= 15 is 0 Å². The number of nitrogens with zero attached hydrogens (tertiary/aromatic N) is 5. The van der Waals surface area contributed by atoms with Crippen molar-refractivity contribution in [1.29, 1.82) is 0 Å². The van der Waals surface area contributed by atoms with Gasteiger partial charge < -0.3 is 5.32 Å². The van der Waals surface area contributed by atoms with Crippen LogP contribution < -0.4 is 5.32 Å². The normalized spacial score (nSPS) is 10.6. The minimum Gasteiger partial charge on any atom is -0.357 e. The summed E-state index contributed by atoms with van der Waals surface area (Å²) in [6, 6.07) is 0. The lowest BCUT2D eigenvalue weighted by atomic mass is 10.4. The maximum atomic E-state index is 11.1. The van der Waals surface area contributed by atoms with E-state index in [2.05, 4.69) is 25.5 Å². The molecular weight excluding hydrogens is 320 g/mol. The fourth-order valence-electron chi connectivity index (χ4n) is 1.34. The molecule has 0 bridgehead atoms. The van der Waals surface area contributed by atoms with Gasteiger partial charge in [0.05, 0.1) is 4.92 Å². The van der Waals surface area contributed by atoms with E-state index < -0.39 is 4.92 Å². The molecule has 0 saturated carbocycles. The summed E-state index contributed by atoms with van der Waals surface area (Å²) in [5.74, 6) is 0.338. The summed E-state index contributed by atoms with van der Waals surface area (Å²) in [4.78, 5) is 18.8. The molecule has 0 aromatic carbocycles. The number of hydrogen-bond acceptors (Lipinski definition) is 10. The lowest BCUT2D eigenvalue weighted by Gasteiger charge is -2.05. The van der Waals surface area contributed by atoms with E-state index in [-0.39, 0.29) is 10.7 Å². The molecule has 0 radical (unpaired) electrons. The molecule has 0 unspecified atom stereocenters. The van der Waals surface area contributed by atoms with Crippen LogP contribution in [0, 0.1) is 17.0 Å². The highest BCUT2D eigenvalue weighted by atomic mass is 32.2. The van der Waals surface area contributed by atoms with Crippen LogP contribution in [0.2, 0.25) is 0 Å². The van der Waals surface area contributed by atoms with E-state index in [1.54, 1.807) is 14.0 Å².